The molecule has 0 rings (SSSR count). The van der Waals surface area contributed by atoms with Gasteiger partial charge in [0.25, 0.3) is 0 Å². The quantitative estimate of drug-likeness (QED) is 0.457. The summed E-state index contributed by atoms with van der Waals surface area (Å²) >= 11 is 0. The molecule has 0 aliphatic rings. The first-order valence-electron chi connectivity index (χ1n) is 6.19. The third-order valence-electron chi connectivity index (χ3n) is 2.44. The predicted molar refractivity (Wildman–Crippen MR) is 69.5 cm³/mol. The highest BCUT2D eigenvalue weighted by molar-refractivity contribution is 5.75. The molecule has 0 fully saturated rings. The Morgan fingerprint density at radius 3 is 2.56 bits per heavy atom. The van der Waals surface area contributed by atoms with Gasteiger partial charge in [0.1, 0.15) is 0 Å². The summed E-state index contributed by atoms with van der Waals surface area (Å²) in [7, 11) is 4.01. The van der Waals surface area contributed by atoms with E-state index >= 15 is 0 Å². The molecule has 0 bridgehead atoms. The minimum atomic E-state index is 0.186. The fourth-order valence-electron chi connectivity index (χ4n) is 1.44. The normalized spacial score (nSPS) is 10.4. The Labute approximate surface area is 99.9 Å². The van der Waals surface area contributed by atoms with Crippen molar-refractivity contribution in [3.63, 3.8) is 0 Å². The molecule has 1 amide bonds. The molecule has 0 saturated carbocycles. The summed E-state index contributed by atoms with van der Waals surface area (Å²) in [5.41, 5.74) is 0. The molecule has 94 valence electrons. The first kappa shape index (κ1) is 15.2. The Balaban J connectivity index is 3.20. The van der Waals surface area contributed by atoms with Gasteiger partial charge in [0.05, 0.1) is 0 Å². The van der Waals surface area contributed by atoms with Crippen LogP contribution in [-0.2, 0) is 4.79 Å². The van der Waals surface area contributed by atoms with Crippen molar-refractivity contribution in [3.8, 4) is 0 Å². The van der Waals surface area contributed by atoms with Crippen LogP contribution in [-0.4, -0.2) is 38.0 Å². The average molecular weight is 226 g/mol. The standard InChI is InChI=1S/C13H26N2O/c1-4-5-6-7-8-9-10-13(16)14-11-12-15(2)3/h4H,1,5-12H2,2-3H3,(H,14,16). The van der Waals surface area contributed by atoms with Gasteiger partial charge in [0.15, 0.2) is 0 Å². The molecule has 3 nitrogen and oxygen atoms in total. The van der Waals surface area contributed by atoms with Gasteiger partial charge in [0, 0.05) is 19.5 Å². The van der Waals surface area contributed by atoms with Crippen LogP contribution in [0.3, 0.4) is 0 Å². The summed E-state index contributed by atoms with van der Waals surface area (Å²) in [6.45, 7) is 5.35. The number of rotatable bonds is 10. The number of hydrogen-bond acceptors (Lipinski definition) is 2. The molecular weight excluding hydrogens is 200 g/mol. The molecule has 0 aliphatic carbocycles. The first-order valence-corrected chi connectivity index (χ1v) is 6.19. The molecule has 0 spiro atoms. The Kier molecular flexibility index (Phi) is 10.1. The Morgan fingerprint density at radius 2 is 1.94 bits per heavy atom. The summed E-state index contributed by atoms with van der Waals surface area (Å²) in [5, 5.41) is 2.92. The van der Waals surface area contributed by atoms with Crippen LogP contribution in [0.1, 0.15) is 38.5 Å². The molecule has 3 heteroatoms. The molecule has 0 heterocycles. The minimum Gasteiger partial charge on any atom is -0.355 e. The van der Waals surface area contributed by atoms with Gasteiger partial charge < -0.3 is 10.2 Å². The van der Waals surface area contributed by atoms with Gasteiger partial charge in [-0.1, -0.05) is 18.9 Å². The van der Waals surface area contributed by atoms with E-state index < -0.39 is 0 Å². The molecule has 0 atom stereocenters. The number of allylic oxidation sites excluding steroid dienone is 1. The number of carbonyl (C=O) groups is 1. The molecule has 0 unspecified atom stereocenters. The fraction of sp³-hybridized carbons (Fsp3) is 0.769. The molecule has 0 saturated heterocycles. The SMILES string of the molecule is C=CCCCCCCC(=O)NCCN(C)C. The van der Waals surface area contributed by atoms with E-state index in [4.69, 9.17) is 0 Å². The molecule has 0 aliphatic heterocycles. The van der Waals surface area contributed by atoms with Gasteiger partial charge in [-0.05, 0) is 33.4 Å². The lowest BCUT2D eigenvalue weighted by molar-refractivity contribution is -0.121. The number of nitrogens with one attached hydrogen (secondary N) is 1. The van der Waals surface area contributed by atoms with E-state index in [-0.39, 0.29) is 5.91 Å². The minimum absolute atomic E-state index is 0.186. The Hall–Kier alpha value is -0.830. The Morgan fingerprint density at radius 1 is 1.25 bits per heavy atom. The van der Waals surface area contributed by atoms with Crippen LogP contribution in [0, 0.1) is 0 Å². The zero-order valence-corrected chi connectivity index (χ0v) is 10.8. The first-order chi connectivity index (χ1) is 7.66. The maximum atomic E-state index is 11.4. The lowest BCUT2D eigenvalue weighted by Gasteiger charge is -2.10. The van der Waals surface area contributed by atoms with E-state index in [1.807, 2.05) is 20.2 Å². The van der Waals surface area contributed by atoms with Crippen molar-refractivity contribution in [2.24, 2.45) is 0 Å². The van der Waals surface area contributed by atoms with Crippen LogP contribution < -0.4 is 5.32 Å². The smallest absolute Gasteiger partial charge is 0.220 e. The van der Waals surface area contributed by atoms with Gasteiger partial charge in [0.2, 0.25) is 5.91 Å². The van der Waals surface area contributed by atoms with Crippen LogP contribution in [0.2, 0.25) is 0 Å². The number of unbranched alkanes of at least 4 members (excludes halogenated alkanes) is 4. The van der Waals surface area contributed by atoms with E-state index in [1.165, 1.54) is 12.8 Å². The second kappa shape index (κ2) is 10.7. The number of likely N-dealkylation sites (N-methyl/N-ethyl adjacent to an activating group) is 1. The van der Waals surface area contributed by atoms with Crippen molar-refractivity contribution in [3.05, 3.63) is 12.7 Å². The second-order valence-corrected chi connectivity index (χ2v) is 4.39. The van der Waals surface area contributed by atoms with Gasteiger partial charge >= 0.3 is 0 Å². The maximum Gasteiger partial charge on any atom is 0.220 e. The zero-order chi connectivity index (χ0) is 12.2. The van der Waals surface area contributed by atoms with Gasteiger partial charge in [-0.15, -0.1) is 6.58 Å². The van der Waals surface area contributed by atoms with Gasteiger partial charge in [-0.25, -0.2) is 0 Å². The van der Waals surface area contributed by atoms with Crippen molar-refractivity contribution in [2.45, 2.75) is 38.5 Å². The lowest BCUT2D eigenvalue weighted by atomic mass is 10.1. The summed E-state index contributed by atoms with van der Waals surface area (Å²) in [5.74, 6) is 0.186. The van der Waals surface area contributed by atoms with Gasteiger partial charge in [-0.3, -0.25) is 4.79 Å². The fourth-order valence-corrected chi connectivity index (χ4v) is 1.44. The Bertz CT molecular complexity index is 190. The molecule has 0 aromatic heterocycles. The highest BCUT2D eigenvalue weighted by Gasteiger charge is 2.00. The van der Waals surface area contributed by atoms with Gasteiger partial charge in [-0.2, -0.15) is 0 Å². The van der Waals surface area contributed by atoms with Crippen molar-refractivity contribution in [1.29, 1.82) is 0 Å². The molecule has 16 heavy (non-hydrogen) atoms. The van der Waals surface area contributed by atoms with Crippen molar-refractivity contribution < 1.29 is 4.79 Å². The second-order valence-electron chi connectivity index (χ2n) is 4.39. The van der Waals surface area contributed by atoms with E-state index in [1.54, 1.807) is 0 Å². The zero-order valence-electron chi connectivity index (χ0n) is 10.8. The monoisotopic (exact) mass is 226 g/mol. The highest BCUT2D eigenvalue weighted by Crippen LogP contribution is 2.05. The van der Waals surface area contributed by atoms with Crippen molar-refractivity contribution in [1.82, 2.24) is 10.2 Å². The molecule has 0 aromatic carbocycles. The number of hydrogen-bond donors (Lipinski definition) is 1. The molecule has 0 aromatic rings. The van der Waals surface area contributed by atoms with E-state index in [9.17, 15) is 4.79 Å². The summed E-state index contributed by atoms with van der Waals surface area (Å²) < 4.78 is 0. The third-order valence-corrected chi connectivity index (χ3v) is 2.44. The number of amides is 1. The molecule has 0 radical (unpaired) electrons. The predicted octanol–water partition coefficient (Wildman–Crippen LogP) is 2.19. The molecular formula is C13H26N2O. The van der Waals surface area contributed by atoms with Crippen LogP contribution in [0.15, 0.2) is 12.7 Å². The largest absolute Gasteiger partial charge is 0.355 e. The topological polar surface area (TPSA) is 32.3 Å². The summed E-state index contributed by atoms with van der Waals surface area (Å²) in [6.07, 6.45) is 8.27. The third kappa shape index (κ3) is 11.2. The average Bonchev–Trinajstić information content (AvgIpc) is 2.22. The van der Waals surface area contributed by atoms with Crippen LogP contribution in [0.25, 0.3) is 0 Å². The number of carbonyl (C=O) groups excluding carboxylic acids is 1. The lowest BCUT2D eigenvalue weighted by Crippen LogP contribution is -2.31. The number of nitrogens with zero attached hydrogens (tertiary/aromatic N) is 1. The van der Waals surface area contributed by atoms with Crippen LogP contribution in [0.4, 0.5) is 0 Å². The van der Waals surface area contributed by atoms with Crippen molar-refractivity contribution in [2.75, 3.05) is 27.2 Å². The molecule has 1 N–H and O–H groups in total. The van der Waals surface area contributed by atoms with E-state index in [0.717, 1.165) is 32.4 Å². The van der Waals surface area contributed by atoms with Crippen LogP contribution in [0.5, 0.6) is 0 Å². The van der Waals surface area contributed by atoms with Crippen molar-refractivity contribution >= 4 is 5.91 Å². The van der Waals surface area contributed by atoms with Crippen LogP contribution >= 0.6 is 0 Å². The highest BCUT2D eigenvalue weighted by atomic mass is 16.1. The summed E-state index contributed by atoms with van der Waals surface area (Å²) in [4.78, 5) is 13.4. The maximum absolute atomic E-state index is 11.4. The van der Waals surface area contributed by atoms with E-state index in [0.29, 0.717) is 6.42 Å². The van der Waals surface area contributed by atoms with E-state index in [2.05, 4.69) is 16.8 Å². The summed E-state index contributed by atoms with van der Waals surface area (Å²) in [6, 6.07) is 0.